The van der Waals surface area contributed by atoms with Gasteiger partial charge in [-0.2, -0.15) is 0 Å². The van der Waals surface area contributed by atoms with E-state index in [1.807, 2.05) is 30.3 Å². The average Bonchev–Trinajstić information content (AvgIpc) is 1.69. The van der Waals surface area contributed by atoms with Crippen LogP contribution in [-0.4, -0.2) is 0 Å². The minimum atomic E-state index is 0. The van der Waals surface area contributed by atoms with Gasteiger partial charge in [-0.25, -0.2) is 0 Å². The SMILES string of the molecule is Clc1ccccc1.[Cd]. The summed E-state index contributed by atoms with van der Waals surface area (Å²) in [5.74, 6) is 0. The van der Waals surface area contributed by atoms with Crippen LogP contribution in [0.4, 0.5) is 0 Å². The molecule has 0 spiro atoms. The fraction of sp³-hybridized carbons (Fsp3) is 0. The summed E-state index contributed by atoms with van der Waals surface area (Å²) >= 11 is 5.54. The second-order valence-corrected chi connectivity index (χ2v) is 1.73. The molecule has 1 aromatic carbocycles. The first kappa shape index (κ1) is 8.43. The fourth-order valence-electron chi connectivity index (χ4n) is 0.415. The van der Waals surface area contributed by atoms with Crippen LogP contribution in [0.15, 0.2) is 30.3 Å². The van der Waals surface area contributed by atoms with Crippen molar-refractivity contribution >= 4 is 11.6 Å². The molecule has 0 saturated heterocycles. The molecular weight excluding hydrogens is 220 g/mol. The van der Waals surface area contributed by atoms with Gasteiger partial charge in [0.15, 0.2) is 0 Å². The van der Waals surface area contributed by atoms with Crippen LogP contribution in [0.1, 0.15) is 0 Å². The maximum atomic E-state index is 5.54. The Bertz CT molecular complexity index is 138. The van der Waals surface area contributed by atoms with Gasteiger partial charge in [0.25, 0.3) is 0 Å². The normalized spacial score (nSPS) is 7.62. The van der Waals surface area contributed by atoms with Crippen molar-refractivity contribution in [2.75, 3.05) is 0 Å². The molecule has 0 fully saturated rings. The molecule has 0 unspecified atom stereocenters. The molecule has 0 radical (unpaired) electrons. The van der Waals surface area contributed by atoms with E-state index in [2.05, 4.69) is 0 Å². The maximum absolute atomic E-state index is 5.54. The molecule has 38 valence electrons. The Morgan fingerprint density at radius 1 is 1.00 bits per heavy atom. The summed E-state index contributed by atoms with van der Waals surface area (Å²) in [7, 11) is 0. The van der Waals surface area contributed by atoms with Gasteiger partial charge in [-0.3, -0.25) is 0 Å². The fourth-order valence-corrected chi connectivity index (χ4v) is 0.560. The van der Waals surface area contributed by atoms with Gasteiger partial charge in [-0.1, -0.05) is 29.8 Å². The molecule has 1 aromatic rings. The average molecular weight is 225 g/mol. The summed E-state index contributed by atoms with van der Waals surface area (Å²) in [5.41, 5.74) is 0. The summed E-state index contributed by atoms with van der Waals surface area (Å²) in [6, 6.07) is 9.44. The topological polar surface area (TPSA) is 0 Å². The van der Waals surface area contributed by atoms with Crippen LogP contribution in [0.25, 0.3) is 0 Å². The number of halogens is 1. The van der Waals surface area contributed by atoms with Crippen LogP contribution in [-0.2, 0) is 27.3 Å². The number of rotatable bonds is 0. The van der Waals surface area contributed by atoms with E-state index in [9.17, 15) is 0 Å². The third-order valence-corrected chi connectivity index (χ3v) is 0.985. The molecule has 0 saturated carbocycles. The van der Waals surface area contributed by atoms with E-state index in [4.69, 9.17) is 11.6 Å². The van der Waals surface area contributed by atoms with Gasteiger partial charge in [0.05, 0.1) is 0 Å². The van der Waals surface area contributed by atoms with Gasteiger partial charge >= 0.3 is 0 Å². The van der Waals surface area contributed by atoms with E-state index >= 15 is 0 Å². The van der Waals surface area contributed by atoms with Gasteiger partial charge in [0, 0.05) is 32.3 Å². The van der Waals surface area contributed by atoms with Crippen molar-refractivity contribution in [1.29, 1.82) is 0 Å². The Kier molecular flexibility index (Phi) is 4.56. The van der Waals surface area contributed by atoms with Crippen LogP contribution in [0.5, 0.6) is 0 Å². The third kappa shape index (κ3) is 2.67. The minimum absolute atomic E-state index is 0. The summed E-state index contributed by atoms with van der Waals surface area (Å²) in [4.78, 5) is 0. The molecule has 0 aliphatic carbocycles. The number of hydrogen-bond acceptors (Lipinski definition) is 0. The molecule has 2 heteroatoms. The Hall–Kier alpha value is 0.432. The van der Waals surface area contributed by atoms with Gasteiger partial charge in [-0.05, 0) is 12.1 Å². The van der Waals surface area contributed by atoms with Crippen molar-refractivity contribution < 1.29 is 27.3 Å². The molecule has 0 N–H and O–H groups in total. The van der Waals surface area contributed by atoms with Crippen molar-refractivity contribution in [1.82, 2.24) is 0 Å². The zero-order valence-electron chi connectivity index (χ0n) is 4.47. The number of benzene rings is 1. The molecule has 1 rings (SSSR count). The molecule has 8 heavy (non-hydrogen) atoms. The summed E-state index contributed by atoms with van der Waals surface area (Å²) in [6.07, 6.45) is 0. The Labute approximate surface area is 74.0 Å². The Morgan fingerprint density at radius 2 is 1.50 bits per heavy atom. The quantitative estimate of drug-likeness (QED) is 0.594. The van der Waals surface area contributed by atoms with Crippen LogP contribution < -0.4 is 0 Å². The van der Waals surface area contributed by atoms with Crippen molar-refractivity contribution in [3.63, 3.8) is 0 Å². The van der Waals surface area contributed by atoms with E-state index < -0.39 is 0 Å². The molecule has 0 nitrogen and oxygen atoms in total. The first-order valence-corrected chi connectivity index (χ1v) is 2.48. The number of hydrogen-bond donors (Lipinski definition) is 0. The van der Waals surface area contributed by atoms with Gasteiger partial charge in [0.2, 0.25) is 0 Å². The van der Waals surface area contributed by atoms with Gasteiger partial charge in [0.1, 0.15) is 0 Å². The van der Waals surface area contributed by atoms with E-state index in [1.54, 1.807) is 0 Å². The third-order valence-electron chi connectivity index (χ3n) is 0.733. The zero-order valence-corrected chi connectivity index (χ0v) is 9.26. The minimum Gasteiger partial charge on any atom is -0.0843 e. The summed E-state index contributed by atoms with van der Waals surface area (Å²) in [6.45, 7) is 0. The molecule has 0 heterocycles. The summed E-state index contributed by atoms with van der Waals surface area (Å²) < 4.78 is 0. The Balaban J connectivity index is 0.000000490. The predicted molar refractivity (Wildman–Crippen MR) is 31.5 cm³/mol. The zero-order chi connectivity index (χ0) is 5.11. The summed E-state index contributed by atoms with van der Waals surface area (Å²) in [5, 5.41) is 0.794. The van der Waals surface area contributed by atoms with Crippen LogP contribution in [0, 0.1) is 0 Å². The van der Waals surface area contributed by atoms with Gasteiger partial charge in [-0.15, -0.1) is 0 Å². The molecule has 0 aromatic heterocycles. The standard InChI is InChI=1S/C6H5Cl.Cd/c7-6-4-2-1-3-5-6;/h1-5H;. The van der Waals surface area contributed by atoms with Crippen LogP contribution in [0.2, 0.25) is 5.02 Å². The molecule has 0 aliphatic rings. The second kappa shape index (κ2) is 4.32. The van der Waals surface area contributed by atoms with Crippen LogP contribution in [0.3, 0.4) is 0 Å². The second-order valence-electron chi connectivity index (χ2n) is 1.30. The smallest absolute Gasteiger partial charge is 0.0405 e. The first-order valence-electron chi connectivity index (χ1n) is 2.10. The molecule has 0 bridgehead atoms. The van der Waals surface area contributed by atoms with E-state index in [-0.39, 0.29) is 27.3 Å². The predicted octanol–water partition coefficient (Wildman–Crippen LogP) is 2.34. The Morgan fingerprint density at radius 3 is 1.75 bits per heavy atom. The monoisotopic (exact) mass is 226 g/mol. The van der Waals surface area contributed by atoms with Crippen molar-refractivity contribution in [3.8, 4) is 0 Å². The van der Waals surface area contributed by atoms with E-state index in [1.165, 1.54) is 0 Å². The molecule has 0 atom stereocenters. The molecule has 0 amide bonds. The largest absolute Gasteiger partial charge is 0.0843 e. The van der Waals surface area contributed by atoms with Crippen molar-refractivity contribution in [2.24, 2.45) is 0 Å². The first-order chi connectivity index (χ1) is 3.39. The molecule has 0 aliphatic heterocycles. The van der Waals surface area contributed by atoms with E-state index in [0.717, 1.165) is 5.02 Å². The van der Waals surface area contributed by atoms with Crippen LogP contribution >= 0.6 is 11.6 Å². The molecular formula is C6H5CdCl. The van der Waals surface area contributed by atoms with Gasteiger partial charge < -0.3 is 0 Å². The van der Waals surface area contributed by atoms with E-state index in [0.29, 0.717) is 0 Å². The van der Waals surface area contributed by atoms with Crippen molar-refractivity contribution in [2.45, 2.75) is 0 Å². The van der Waals surface area contributed by atoms with Crippen molar-refractivity contribution in [3.05, 3.63) is 35.4 Å². The maximum Gasteiger partial charge on any atom is 0.0405 e.